The number of carboxylic acid groups (broad SMARTS) is 1. The summed E-state index contributed by atoms with van der Waals surface area (Å²) in [6, 6.07) is 5.71. The zero-order valence-electron chi connectivity index (χ0n) is 10.6. The van der Waals surface area contributed by atoms with Gasteiger partial charge < -0.3 is 9.84 Å². The lowest BCUT2D eigenvalue weighted by molar-refractivity contribution is 0.0696. The van der Waals surface area contributed by atoms with Gasteiger partial charge >= 0.3 is 5.97 Å². The molecule has 1 aromatic heterocycles. The number of halogens is 1. The monoisotopic (exact) mass is 324 g/mol. The molecule has 0 atom stereocenters. The topological polar surface area (TPSA) is 64.4 Å². The largest absolute Gasteiger partial charge is 0.496 e. The molecule has 0 bridgehead atoms. The summed E-state index contributed by atoms with van der Waals surface area (Å²) >= 11 is 3.42. The van der Waals surface area contributed by atoms with E-state index in [1.807, 2.05) is 18.2 Å². The summed E-state index contributed by atoms with van der Waals surface area (Å²) in [5, 5.41) is 13.1. The smallest absolute Gasteiger partial charge is 0.339 e. The highest BCUT2D eigenvalue weighted by molar-refractivity contribution is 9.10. The summed E-state index contributed by atoms with van der Waals surface area (Å²) in [6.07, 6.45) is 1.37. The fraction of sp³-hybridized carbons (Fsp3) is 0.231. The van der Waals surface area contributed by atoms with Gasteiger partial charge in [0.2, 0.25) is 0 Å². The highest BCUT2D eigenvalue weighted by atomic mass is 79.9. The van der Waals surface area contributed by atoms with Crippen LogP contribution in [0.1, 0.15) is 21.6 Å². The van der Waals surface area contributed by atoms with Crippen LogP contribution < -0.4 is 4.74 Å². The molecule has 2 aromatic rings. The second-order valence-corrected chi connectivity index (χ2v) is 4.93. The number of ether oxygens (including phenoxy) is 1. The van der Waals surface area contributed by atoms with Crippen molar-refractivity contribution < 1.29 is 14.6 Å². The summed E-state index contributed by atoms with van der Waals surface area (Å²) in [6.45, 7) is 2.26. The Labute approximate surface area is 118 Å². The average molecular weight is 325 g/mol. The molecule has 0 aliphatic heterocycles. The van der Waals surface area contributed by atoms with E-state index in [1.165, 1.54) is 6.20 Å². The molecule has 0 spiro atoms. The molecule has 1 N–H and O–H groups in total. The van der Waals surface area contributed by atoms with Gasteiger partial charge in [0, 0.05) is 0 Å². The summed E-state index contributed by atoms with van der Waals surface area (Å²) < 4.78 is 7.68. The Hall–Kier alpha value is -1.82. The van der Waals surface area contributed by atoms with Crippen LogP contribution >= 0.6 is 15.9 Å². The number of hydrogen-bond donors (Lipinski definition) is 1. The van der Waals surface area contributed by atoms with Crippen molar-refractivity contribution in [3.05, 3.63) is 45.7 Å². The molecular formula is C13H13BrN2O3. The Morgan fingerprint density at radius 3 is 2.79 bits per heavy atom. The van der Waals surface area contributed by atoms with Crippen LogP contribution in [0.2, 0.25) is 0 Å². The van der Waals surface area contributed by atoms with E-state index in [0.717, 1.165) is 15.8 Å². The molecule has 0 saturated heterocycles. The summed E-state index contributed by atoms with van der Waals surface area (Å²) in [4.78, 5) is 10.9. The first-order valence-corrected chi connectivity index (χ1v) is 6.40. The van der Waals surface area contributed by atoms with Gasteiger partial charge in [0.1, 0.15) is 11.3 Å². The second kappa shape index (κ2) is 5.44. The second-order valence-electron chi connectivity index (χ2n) is 4.08. The van der Waals surface area contributed by atoms with Gasteiger partial charge in [0.25, 0.3) is 0 Å². The molecule has 0 aliphatic carbocycles. The van der Waals surface area contributed by atoms with E-state index < -0.39 is 5.97 Å². The number of aromatic carboxylic acids is 1. The number of methoxy groups -OCH3 is 1. The Morgan fingerprint density at radius 1 is 1.53 bits per heavy atom. The lowest BCUT2D eigenvalue weighted by Gasteiger charge is -2.08. The molecule has 0 radical (unpaired) electrons. The number of aromatic nitrogens is 2. The van der Waals surface area contributed by atoms with Gasteiger partial charge in [-0.1, -0.05) is 6.07 Å². The summed E-state index contributed by atoms with van der Waals surface area (Å²) in [5.41, 5.74) is 1.88. The van der Waals surface area contributed by atoms with E-state index in [-0.39, 0.29) is 5.56 Å². The van der Waals surface area contributed by atoms with Crippen LogP contribution in [0.15, 0.2) is 28.9 Å². The van der Waals surface area contributed by atoms with E-state index in [4.69, 9.17) is 9.84 Å². The number of carboxylic acids is 1. The minimum Gasteiger partial charge on any atom is -0.496 e. The zero-order chi connectivity index (χ0) is 14.0. The van der Waals surface area contributed by atoms with Gasteiger partial charge in [-0.25, -0.2) is 4.79 Å². The minimum atomic E-state index is -0.959. The summed E-state index contributed by atoms with van der Waals surface area (Å²) in [5.74, 6) is -0.202. The first-order valence-electron chi connectivity index (χ1n) is 5.61. The van der Waals surface area contributed by atoms with Crippen molar-refractivity contribution >= 4 is 21.9 Å². The van der Waals surface area contributed by atoms with E-state index >= 15 is 0 Å². The van der Waals surface area contributed by atoms with Gasteiger partial charge in [0.15, 0.2) is 0 Å². The first kappa shape index (κ1) is 13.6. The zero-order valence-corrected chi connectivity index (χ0v) is 12.1. The SMILES string of the molecule is COc1ccc(Cn2ncc(C(=O)O)c2C)cc1Br. The third-order valence-corrected chi connectivity index (χ3v) is 3.50. The van der Waals surface area contributed by atoms with E-state index in [0.29, 0.717) is 12.2 Å². The number of benzene rings is 1. The molecule has 2 rings (SSSR count). The fourth-order valence-electron chi connectivity index (χ4n) is 1.80. The van der Waals surface area contributed by atoms with Gasteiger partial charge in [-0.15, -0.1) is 0 Å². The third kappa shape index (κ3) is 2.78. The van der Waals surface area contributed by atoms with E-state index in [1.54, 1.807) is 18.7 Å². The molecule has 100 valence electrons. The first-order chi connectivity index (χ1) is 9.02. The maximum atomic E-state index is 10.9. The summed E-state index contributed by atoms with van der Waals surface area (Å²) in [7, 11) is 1.61. The lowest BCUT2D eigenvalue weighted by Crippen LogP contribution is -2.06. The molecule has 5 nitrogen and oxygen atoms in total. The minimum absolute atomic E-state index is 0.229. The van der Waals surface area contributed by atoms with Crippen molar-refractivity contribution in [2.75, 3.05) is 7.11 Å². The number of rotatable bonds is 4. The fourth-order valence-corrected chi connectivity index (χ4v) is 2.39. The Balaban J connectivity index is 2.26. The van der Waals surface area contributed by atoms with Crippen molar-refractivity contribution in [1.82, 2.24) is 9.78 Å². The molecule has 0 unspecified atom stereocenters. The molecule has 0 fully saturated rings. The van der Waals surface area contributed by atoms with Gasteiger partial charge in [-0.05, 0) is 40.5 Å². The normalized spacial score (nSPS) is 10.5. The third-order valence-electron chi connectivity index (χ3n) is 2.88. The molecule has 1 aromatic carbocycles. The quantitative estimate of drug-likeness (QED) is 0.939. The standard InChI is InChI=1S/C13H13BrN2O3/c1-8-10(13(17)18)6-15-16(8)7-9-3-4-12(19-2)11(14)5-9/h3-6H,7H2,1-2H3,(H,17,18). The molecule has 0 aliphatic rings. The Bertz CT molecular complexity index is 622. The molecule has 19 heavy (non-hydrogen) atoms. The van der Waals surface area contributed by atoms with E-state index in [2.05, 4.69) is 21.0 Å². The van der Waals surface area contributed by atoms with Crippen LogP contribution in [0.25, 0.3) is 0 Å². The van der Waals surface area contributed by atoms with Crippen molar-refractivity contribution in [3.63, 3.8) is 0 Å². The van der Waals surface area contributed by atoms with Crippen LogP contribution in [-0.4, -0.2) is 28.0 Å². The van der Waals surface area contributed by atoms with Gasteiger partial charge in [-0.3, -0.25) is 4.68 Å². The van der Waals surface area contributed by atoms with Crippen molar-refractivity contribution in [2.24, 2.45) is 0 Å². The molecule has 0 saturated carbocycles. The van der Waals surface area contributed by atoms with Crippen molar-refractivity contribution in [3.8, 4) is 5.75 Å². The maximum absolute atomic E-state index is 10.9. The highest BCUT2D eigenvalue weighted by Crippen LogP contribution is 2.26. The van der Waals surface area contributed by atoms with E-state index in [9.17, 15) is 4.79 Å². The van der Waals surface area contributed by atoms with Crippen molar-refractivity contribution in [1.29, 1.82) is 0 Å². The molecule has 6 heteroatoms. The lowest BCUT2D eigenvalue weighted by atomic mass is 10.2. The van der Waals surface area contributed by atoms with Gasteiger partial charge in [-0.2, -0.15) is 5.10 Å². The van der Waals surface area contributed by atoms with Crippen LogP contribution in [-0.2, 0) is 6.54 Å². The van der Waals surface area contributed by atoms with Gasteiger partial charge in [0.05, 0.1) is 30.0 Å². The van der Waals surface area contributed by atoms with Crippen molar-refractivity contribution in [2.45, 2.75) is 13.5 Å². The van der Waals surface area contributed by atoms with Crippen LogP contribution in [0, 0.1) is 6.92 Å². The average Bonchev–Trinajstić information content (AvgIpc) is 2.71. The number of hydrogen-bond acceptors (Lipinski definition) is 3. The van der Waals surface area contributed by atoms with Crippen LogP contribution in [0.4, 0.5) is 0 Å². The molecular weight excluding hydrogens is 312 g/mol. The molecule has 1 heterocycles. The van der Waals surface area contributed by atoms with Crippen LogP contribution in [0.3, 0.4) is 0 Å². The Kier molecular flexibility index (Phi) is 3.90. The maximum Gasteiger partial charge on any atom is 0.339 e. The number of nitrogens with zero attached hydrogens (tertiary/aromatic N) is 2. The number of carbonyl (C=O) groups is 1. The molecule has 0 amide bonds. The predicted molar refractivity (Wildman–Crippen MR) is 73.7 cm³/mol. The van der Waals surface area contributed by atoms with Crippen LogP contribution in [0.5, 0.6) is 5.75 Å². The Morgan fingerprint density at radius 2 is 2.26 bits per heavy atom. The predicted octanol–water partition coefficient (Wildman–Crippen LogP) is 2.71. The highest BCUT2D eigenvalue weighted by Gasteiger charge is 2.13.